The second-order valence-electron chi connectivity index (χ2n) is 10.9. The summed E-state index contributed by atoms with van der Waals surface area (Å²) < 4.78 is 8.93. The van der Waals surface area contributed by atoms with Crippen LogP contribution in [0.25, 0.3) is 16.9 Å². The molecule has 0 unspecified atom stereocenters. The second-order valence-corrected chi connectivity index (χ2v) is 10.9. The SMILES string of the molecule is CC(C)(/C=C(/C#N)C(=O)N1CC(n2c(=O)n(-c3ccc(Oc4ccccc4)cc3)c3c(N)ncnc32)C1)N1CCC1. The Hall–Kier alpha value is -4.95. The van der Waals surface area contributed by atoms with E-state index in [2.05, 4.69) is 20.9 Å². The Morgan fingerprint density at radius 3 is 2.39 bits per heavy atom. The van der Waals surface area contributed by atoms with E-state index in [9.17, 15) is 14.9 Å². The van der Waals surface area contributed by atoms with E-state index in [1.54, 1.807) is 39.8 Å². The number of para-hydroxylation sites is 1. The summed E-state index contributed by atoms with van der Waals surface area (Å²) in [6.45, 7) is 6.46. The molecule has 4 heterocycles. The zero-order valence-corrected chi connectivity index (χ0v) is 22.9. The Morgan fingerprint density at radius 1 is 1.07 bits per heavy atom. The maximum absolute atomic E-state index is 13.8. The van der Waals surface area contributed by atoms with Crippen LogP contribution < -0.4 is 16.2 Å². The number of nitrogens with two attached hydrogens (primary N) is 1. The van der Waals surface area contributed by atoms with Crippen LogP contribution >= 0.6 is 0 Å². The predicted octanol–water partition coefficient (Wildman–Crippen LogP) is 3.27. The van der Waals surface area contributed by atoms with E-state index in [0.29, 0.717) is 28.4 Å². The van der Waals surface area contributed by atoms with Crippen molar-refractivity contribution in [3.63, 3.8) is 0 Å². The number of likely N-dealkylation sites (tertiary alicyclic amines) is 2. The quantitative estimate of drug-likeness (QED) is 0.274. The van der Waals surface area contributed by atoms with Crippen molar-refractivity contribution in [1.82, 2.24) is 28.9 Å². The van der Waals surface area contributed by atoms with Gasteiger partial charge in [-0.3, -0.25) is 18.8 Å². The minimum absolute atomic E-state index is 0.111. The molecule has 2 aliphatic rings. The fourth-order valence-corrected chi connectivity index (χ4v) is 5.36. The number of carbonyl (C=O) groups is 1. The molecular formula is C30H30N8O3. The van der Waals surface area contributed by atoms with Gasteiger partial charge in [0.1, 0.15) is 35.0 Å². The number of aromatic nitrogens is 4. The monoisotopic (exact) mass is 550 g/mol. The minimum Gasteiger partial charge on any atom is -0.457 e. The molecule has 1 amide bonds. The van der Waals surface area contributed by atoms with Crippen molar-refractivity contribution in [1.29, 1.82) is 5.26 Å². The van der Waals surface area contributed by atoms with E-state index < -0.39 is 0 Å². The standard InChI is InChI=1S/C30H30N8O3/c1-30(2,36-13-6-14-36)15-20(16-31)28(39)35-17-22(18-35)38-27-25(26(32)33-19-34-27)37(29(38)40)21-9-11-24(12-10-21)41-23-7-4-3-5-8-23/h3-5,7-12,15,19,22H,6,13-14,17-18H2,1-2H3,(H2,32,33,34)/b20-15-. The first-order chi connectivity index (χ1) is 19.8. The Labute approximate surface area is 236 Å². The van der Waals surface area contributed by atoms with E-state index in [0.717, 1.165) is 19.5 Å². The van der Waals surface area contributed by atoms with Crippen molar-refractivity contribution in [2.24, 2.45) is 0 Å². The molecule has 11 nitrogen and oxygen atoms in total. The summed E-state index contributed by atoms with van der Waals surface area (Å²) in [6, 6.07) is 18.3. The van der Waals surface area contributed by atoms with Gasteiger partial charge < -0.3 is 15.4 Å². The molecule has 0 bridgehead atoms. The van der Waals surface area contributed by atoms with Crippen LogP contribution in [0.3, 0.4) is 0 Å². The summed E-state index contributed by atoms with van der Waals surface area (Å²) >= 11 is 0. The van der Waals surface area contributed by atoms with Crippen molar-refractivity contribution >= 4 is 22.9 Å². The Morgan fingerprint density at radius 2 is 1.76 bits per heavy atom. The number of rotatable bonds is 7. The first kappa shape index (κ1) is 26.3. The van der Waals surface area contributed by atoms with Gasteiger partial charge >= 0.3 is 5.69 Å². The molecule has 11 heteroatoms. The Balaban J connectivity index is 1.27. The van der Waals surface area contributed by atoms with Crippen LogP contribution in [0, 0.1) is 11.3 Å². The second kappa shape index (κ2) is 10.2. The van der Waals surface area contributed by atoms with Crippen molar-refractivity contribution in [3.05, 3.63) is 83.1 Å². The molecule has 0 radical (unpaired) electrons. The molecule has 6 rings (SSSR count). The summed E-state index contributed by atoms with van der Waals surface area (Å²) in [5, 5.41) is 9.75. The fraction of sp³-hybridized carbons (Fsp3) is 0.300. The van der Waals surface area contributed by atoms with Crippen LogP contribution in [0.15, 0.2) is 77.4 Å². The van der Waals surface area contributed by atoms with Gasteiger partial charge in [-0.15, -0.1) is 0 Å². The number of ether oxygens (including phenoxy) is 1. The summed E-state index contributed by atoms with van der Waals surface area (Å²) in [4.78, 5) is 39.3. The van der Waals surface area contributed by atoms with Crippen molar-refractivity contribution in [2.45, 2.75) is 31.8 Å². The zero-order chi connectivity index (χ0) is 28.7. The third kappa shape index (κ3) is 4.72. The van der Waals surface area contributed by atoms with Crippen LogP contribution in [-0.4, -0.2) is 66.5 Å². The maximum Gasteiger partial charge on any atom is 0.335 e. The van der Waals surface area contributed by atoms with Crippen molar-refractivity contribution in [2.75, 3.05) is 31.9 Å². The number of imidazole rings is 1. The highest BCUT2D eigenvalue weighted by atomic mass is 16.5. The normalized spacial score (nSPS) is 16.2. The number of anilines is 1. The molecule has 2 aliphatic heterocycles. The third-order valence-corrected chi connectivity index (χ3v) is 7.79. The van der Waals surface area contributed by atoms with Gasteiger partial charge in [-0.2, -0.15) is 5.26 Å². The lowest BCUT2D eigenvalue weighted by Gasteiger charge is -2.43. The molecule has 2 aromatic heterocycles. The summed E-state index contributed by atoms with van der Waals surface area (Å²) in [5.41, 5.74) is 6.99. The van der Waals surface area contributed by atoms with Gasteiger partial charge in [0.15, 0.2) is 11.5 Å². The molecule has 41 heavy (non-hydrogen) atoms. The smallest absolute Gasteiger partial charge is 0.335 e. The minimum atomic E-state index is -0.385. The molecule has 0 spiro atoms. The molecule has 2 saturated heterocycles. The summed E-state index contributed by atoms with van der Waals surface area (Å²) in [6.07, 6.45) is 4.19. The van der Waals surface area contributed by atoms with Crippen molar-refractivity contribution in [3.8, 4) is 23.3 Å². The fourth-order valence-electron chi connectivity index (χ4n) is 5.36. The van der Waals surface area contributed by atoms with Crippen LogP contribution in [-0.2, 0) is 4.79 Å². The predicted molar refractivity (Wildman–Crippen MR) is 154 cm³/mol. The van der Waals surface area contributed by atoms with E-state index in [1.165, 1.54) is 10.9 Å². The number of carbonyl (C=O) groups excluding carboxylic acids is 1. The molecule has 4 aromatic rings. The first-order valence-corrected chi connectivity index (χ1v) is 13.5. The van der Waals surface area contributed by atoms with Crippen LogP contribution in [0.1, 0.15) is 26.3 Å². The van der Waals surface area contributed by atoms with E-state index in [-0.39, 0.29) is 47.7 Å². The maximum atomic E-state index is 13.8. The lowest BCUT2D eigenvalue weighted by atomic mass is 9.94. The molecule has 0 atom stereocenters. The number of hydrogen-bond donors (Lipinski definition) is 1. The number of amides is 1. The lowest BCUT2D eigenvalue weighted by Crippen LogP contribution is -2.54. The number of nitrogen functional groups attached to an aromatic ring is 1. The van der Waals surface area contributed by atoms with Crippen molar-refractivity contribution < 1.29 is 9.53 Å². The number of fused-ring (bicyclic) bond motifs is 1. The van der Waals surface area contributed by atoms with Gasteiger partial charge in [0.2, 0.25) is 0 Å². The number of hydrogen-bond acceptors (Lipinski definition) is 8. The average Bonchev–Trinajstić information content (AvgIpc) is 3.19. The van der Waals surface area contributed by atoms with Gasteiger partial charge in [0, 0.05) is 31.7 Å². The van der Waals surface area contributed by atoms with Gasteiger partial charge in [-0.05, 0) is 62.7 Å². The number of nitriles is 1. The van der Waals surface area contributed by atoms with Crippen LogP contribution in [0.5, 0.6) is 11.5 Å². The third-order valence-electron chi connectivity index (χ3n) is 7.79. The molecule has 208 valence electrons. The largest absolute Gasteiger partial charge is 0.457 e. The molecule has 2 fully saturated rings. The van der Waals surface area contributed by atoms with Gasteiger partial charge in [-0.1, -0.05) is 18.2 Å². The van der Waals surface area contributed by atoms with E-state index in [4.69, 9.17) is 10.5 Å². The van der Waals surface area contributed by atoms with Gasteiger partial charge in [0.25, 0.3) is 5.91 Å². The number of nitrogens with zero attached hydrogens (tertiary/aromatic N) is 7. The number of benzene rings is 2. The first-order valence-electron chi connectivity index (χ1n) is 13.5. The zero-order valence-electron chi connectivity index (χ0n) is 22.9. The summed E-state index contributed by atoms with van der Waals surface area (Å²) in [7, 11) is 0. The van der Waals surface area contributed by atoms with Crippen LogP contribution in [0.2, 0.25) is 0 Å². The molecular weight excluding hydrogens is 520 g/mol. The van der Waals surface area contributed by atoms with Crippen LogP contribution in [0.4, 0.5) is 5.82 Å². The van der Waals surface area contributed by atoms with Gasteiger partial charge in [0.05, 0.1) is 11.7 Å². The highest BCUT2D eigenvalue weighted by Gasteiger charge is 2.38. The molecule has 2 N–H and O–H groups in total. The van der Waals surface area contributed by atoms with Gasteiger partial charge in [-0.25, -0.2) is 14.8 Å². The highest BCUT2D eigenvalue weighted by Crippen LogP contribution is 2.30. The lowest BCUT2D eigenvalue weighted by molar-refractivity contribution is -0.132. The highest BCUT2D eigenvalue weighted by molar-refractivity contribution is 5.98. The average molecular weight is 551 g/mol. The summed E-state index contributed by atoms with van der Waals surface area (Å²) in [5.74, 6) is 1.16. The topological polar surface area (TPSA) is 135 Å². The molecule has 2 aromatic carbocycles. The molecule has 0 aliphatic carbocycles. The Bertz CT molecular complexity index is 1740. The van der Waals surface area contributed by atoms with E-state index in [1.807, 2.05) is 44.2 Å². The van der Waals surface area contributed by atoms with E-state index >= 15 is 0 Å². The molecule has 0 saturated carbocycles. The Kier molecular flexibility index (Phi) is 6.55.